The van der Waals surface area contributed by atoms with Gasteiger partial charge in [0, 0.05) is 5.56 Å². The number of anilines is 1. The van der Waals surface area contributed by atoms with Gasteiger partial charge in [-0.1, -0.05) is 23.5 Å². The fourth-order valence-electron chi connectivity index (χ4n) is 4.20. The summed E-state index contributed by atoms with van der Waals surface area (Å²) in [7, 11) is 2.79. The molecule has 0 radical (unpaired) electrons. The second-order valence-corrected chi connectivity index (χ2v) is 9.23. The van der Waals surface area contributed by atoms with Gasteiger partial charge < -0.3 is 19.3 Å². The van der Waals surface area contributed by atoms with Crippen LogP contribution in [0.1, 0.15) is 45.0 Å². The third kappa shape index (κ3) is 4.67. The van der Waals surface area contributed by atoms with Crippen molar-refractivity contribution in [3.8, 4) is 11.5 Å². The maximum Gasteiger partial charge on any atom is 0.350 e. The number of nitrogens with zero attached hydrogens (tertiary/aromatic N) is 2. The zero-order valence-electron chi connectivity index (χ0n) is 21.0. The molecule has 2 heterocycles. The normalized spacial score (nSPS) is 16.7. The number of carbonyl (C=O) groups is 3. The molecule has 1 amide bonds. The van der Waals surface area contributed by atoms with Crippen LogP contribution in [0.2, 0.25) is 0 Å². The maximum atomic E-state index is 13.4. The lowest BCUT2D eigenvalue weighted by molar-refractivity contribution is -0.132. The molecule has 1 saturated heterocycles. The lowest BCUT2D eigenvalue weighted by Gasteiger charge is -2.23. The van der Waals surface area contributed by atoms with E-state index in [0.29, 0.717) is 40.5 Å². The second-order valence-electron chi connectivity index (χ2n) is 8.25. The summed E-state index contributed by atoms with van der Waals surface area (Å²) in [6.45, 7) is 5.73. The summed E-state index contributed by atoms with van der Waals surface area (Å²) < 4.78 is 15.6. The highest BCUT2D eigenvalue weighted by molar-refractivity contribution is 7.17. The van der Waals surface area contributed by atoms with Crippen molar-refractivity contribution < 1.29 is 33.7 Å². The van der Waals surface area contributed by atoms with E-state index in [4.69, 9.17) is 14.2 Å². The number of aromatic nitrogens is 1. The van der Waals surface area contributed by atoms with E-state index in [9.17, 15) is 19.5 Å². The Morgan fingerprint density at radius 1 is 1.08 bits per heavy atom. The Kier molecular flexibility index (Phi) is 7.30. The zero-order valence-corrected chi connectivity index (χ0v) is 21.8. The van der Waals surface area contributed by atoms with Crippen molar-refractivity contribution in [3.05, 3.63) is 75.3 Å². The van der Waals surface area contributed by atoms with Crippen LogP contribution in [0.15, 0.2) is 48.0 Å². The Labute approximate surface area is 217 Å². The van der Waals surface area contributed by atoms with E-state index in [-0.39, 0.29) is 21.3 Å². The predicted octanol–water partition coefficient (Wildman–Crippen LogP) is 4.58. The molecule has 0 saturated carbocycles. The Balaban J connectivity index is 1.92. The lowest BCUT2D eigenvalue weighted by atomic mass is 9.94. The molecule has 0 aliphatic carbocycles. The number of hydrogen-bond acceptors (Lipinski definition) is 9. The molecule has 4 rings (SSSR count). The first kappa shape index (κ1) is 25.9. The number of hydrogen-bond donors (Lipinski definition) is 1. The van der Waals surface area contributed by atoms with Crippen LogP contribution in [0.4, 0.5) is 5.13 Å². The number of methoxy groups -OCH3 is 2. The number of carbonyl (C=O) groups excluding carboxylic acids is 3. The highest BCUT2D eigenvalue weighted by Crippen LogP contribution is 2.44. The number of ketones is 1. The van der Waals surface area contributed by atoms with Gasteiger partial charge in [-0.25, -0.2) is 9.78 Å². The average Bonchev–Trinajstić information content (AvgIpc) is 3.40. The van der Waals surface area contributed by atoms with Crippen molar-refractivity contribution in [1.29, 1.82) is 0 Å². The molecule has 2 aromatic carbocycles. The van der Waals surface area contributed by atoms with Gasteiger partial charge in [0.25, 0.3) is 5.78 Å². The lowest BCUT2D eigenvalue weighted by Crippen LogP contribution is -2.29. The summed E-state index contributed by atoms with van der Waals surface area (Å²) in [5.74, 6) is -1.43. The van der Waals surface area contributed by atoms with Crippen LogP contribution >= 0.6 is 11.3 Å². The van der Waals surface area contributed by atoms with Crippen molar-refractivity contribution >= 4 is 39.9 Å². The second kappa shape index (κ2) is 10.4. The highest BCUT2D eigenvalue weighted by Gasteiger charge is 2.48. The van der Waals surface area contributed by atoms with Gasteiger partial charge in [-0.3, -0.25) is 14.5 Å². The average molecular weight is 523 g/mol. The summed E-state index contributed by atoms with van der Waals surface area (Å²) >= 11 is 0.944. The number of Topliss-reactive ketones (excluding diaryl/α,β-unsaturated/α-hetero) is 1. The van der Waals surface area contributed by atoms with Gasteiger partial charge in [-0.15, -0.1) is 0 Å². The standard InChI is InChI=1S/C27H26N2O7S/c1-6-36-17-9-7-16(8-10-17)21-20(22(30)19-12-11-18(34-4)13-14(19)2)23(31)25(32)29(21)27-28-15(3)24(37-27)26(33)35-5/h7-13,21,30H,6H2,1-5H3/t21-/m1/s1. The van der Waals surface area contributed by atoms with Gasteiger partial charge in [-0.2, -0.15) is 0 Å². The van der Waals surface area contributed by atoms with Gasteiger partial charge in [0.1, 0.15) is 22.1 Å². The van der Waals surface area contributed by atoms with Crippen LogP contribution in [-0.4, -0.2) is 48.6 Å². The van der Waals surface area contributed by atoms with E-state index in [1.807, 2.05) is 6.92 Å². The molecule has 3 aromatic rings. The summed E-state index contributed by atoms with van der Waals surface area (Å²) in [6.07, 6.45) is 0. The molecule has 10 heteroatoms. The molecule has 0 spiro atoms. The highest BCUT2D eigenvalue weighted by atomic mass is 32.1. The Morgan fingerprint density at radius 3 is 2.35 bits per heavy atom. The molecule has 9 nitrogen and oxygen atoms in total. The number of rotatable bonds is 7. The molecule has 1 aromatic heterocycles. The molecule has 192 valence electrons. The Hall–Kier alpha value is -4.18. The van der Waals surface area contributed by atoms with Gasteiger partial charge in [0.15, 0.2) is 5.13 Å². The molecule has 0 unspecified atom stereocenters. The summed E-state index contributed by atoms with van der Waals surface area (Å²) in [6, 6.07) is 10.9. The maximum absolute atomic E-state index is 13.4. The predicted molar refractivity (Wildman–Crippen MR) is 138 cm³/mol. The number of benzene rings is 2. The van der Waals surface area contributed by atoms with E-state index >= 15 is 0 Å². The van der Waals surface area contributed by atoms with Crippen LogP contribution in [0.25, 0.3) is 5.76 Å². The van der Waals surface area contributed by atoms with Crippen molar-refractivity contribution in [2.75, 3.05) is 25.7 Å². The molecule has 1 fully saturated rings. The van der Waals surface area contributed by atoms with Crippen molar-refractivity contribution in [3.63, 3.8) is 0 Å². The fourth-order valence-corrected chi connectivity index (χ4v) is 5.21. The number of ether oxygens (including phenoxy) is 3. The fraction of sp³-hybridized carbons (Fsp3) is 0.259. The smallest absolute Gasteiger partial charge is 0.350 e. The Bertz CT molecular complexity index is 1410. The first-order chi connectivity index (χ1) is 17.7. The molecule has 1 aliphatic heterocycles. The molecule has 0 bridgehead atoms. The minimum Gasteiger partial charge on any atom is -0.507 e. The number of thiazole rings is 1. The minimum absolute atomic E-state index is 0.0881. The van der Waals surface area contributed by atoms with Gasteiger partial charge in [0.05, 0.1) is 38.1 Å². The molecule has 1 N–H and O–H groups in total. The number of aliphatic hydroxyl groups excluding tert-OH is 1. The molecular weight excluding hydrogens is 496 g/mol. The third-order valence-electron chi connectivity index (χ3n) is 6.00. The van der Waals surface area contributed by atoms with E-state index < -0.39 is 23.7 Å². The monoisotopic (exact) mass is 522 g/mol. The number of amides is 1. The van der Waals surface area contributed by atoms with Crippen LogP contribution in [-0.2, 0) is 14.3 Å². The first-order valence-electron chi connectivity index (χ1n) is 11.5. The van der Waals surface area contributed by atoms with E-state index in [1.54, 1.807) is 56.3 Å². The third-order valence-corrected chi connectivity index (χ3v) is 7.14. The topological polar surface area (TPSA) is 115 Å². The van der Waals surface area contributed by atoms with Crippen molar-refractivity contribution in [2.45, 2.75) is 26.8 Å². The van der Waals surface area contributed by atoms with E-state index in [2.05, 4.69) is 4.98 Å². The van der Waals surface area contributed by atoms with E-state index in [1.165, 1.54) is 19.1 Å². The van der Waals surface area contributed by atoms with Gasteiger partial charge in [-0.05, 0) is 62.2 Å². The largest absolute Gasteiger partial charge is 0.507 e. The summed E-state index contributed by atoms with van der Waals surface area (Å²) in [5.41, 5.74) is 1.88. The molecular formula is C27H26N2O7S. The van der Waals surface area contributed by atoms with Crippen LogP contribution in [0.5, 0.6) is 11.5 Å². The first-order valence-corrected chi connectivity index (χ1v) is 12.3. The summed E-state index contributed by atoms with van der Waals surface area (Å²) in [5, 5.41) is 11.5. The minimum atomic E-state index is -0.992. The van der Waals surface area contributed by atoms with Gasteiger partial charge >= 0.3 is 11.9 Å². The number of esters is 1. The Morgan fingerprint density at radius 2 is 1.76 bits per heavy atom. The molecule has 37 heavy (non-hydrogen) atoms. The van der Waals surface area contributed by atoms with Crippen molar-refractivity contribution in [2.24, 2.45) is 0 Å². The summed E-state index contributed by atoms with van der Waals surface area (Å²) in [4.78, 5) is 44.8. The quantitative estimate of drug-likeness (QED) is 0.208. The van der Waals surface area contributed by atoms with E-state index in [0.717, 1.165) is 11.3 Å². The van der Waals surface area contributed by atoms with Crippen LogP contribution in [0, 0.1) is 13.8 Å². The van der Waals surface area contributed by atoms with Crippen molar-refractivity contribution in [1.82, 2.24) is 4.98 Å². The van der Waals surface area contributed by atoms with Gasteiger partial charge in [0.2, 0.25) is 0 Å². The molecule has 1 aliphatic rings. The van der Waals surface area contributed by atoms with Crippen LogP contribution in [0.3, 0.4) is 0 Å². The number of aliphatic hydroxyl groups is 1. The zero-order chi connectivity index (χ0) is 26.9. The molecule has 1 atom stereocenters. The van der Waals surface area contributed by atoms with Crippen LogP contribution < -0.4 is 14.4 Å². The number of aryl methyl sites for hydroxylation is 2. The SMILES string of the molecule is CCOc1ccc([C@@H]2C(=C(O)c3ccc(OC)cc3C)C(=O)C(=O)N2c2nc(C)c(C(=O)OC)s2)cc1.